The molecular formula is C6H7F3S. The van der Waals surface area contributed by atoms with E-state index in [2.05, 4.69) is 12.6 Å². The lowest BCUT2D eigenvalue weighted by Gasteiger charge is -2.30. The van der Waals surface area contributed by atoms with E-state index in [4.69, 9.17) is 0 Å². The first-order chi connectivity index (χ1) is 4.43. The van der Waals surface area contributed by atoms with Gasteiger partial charge in [-0.3, -0.25) is 0 Å². The van der Waals surface area contributed by atoms with Crippen LogP contribution in [-0.4, -0.2) is 11.4 Å². The molecule has 0 nitrogen and oxygen atoms in total. The Balaban J connectivity index is 2.71. The first-order valence-electron chi connectivity index (χ1n) is 2.90. The SMILES string of the molecule is CC1C=C(C(F)(F)F)C1S. The highest BCUT2D eigenvalue weighted by atomic mass is 32.1. The zero-order valence-corrected chi connectivity index (χ0v) is 6.21. The second kappa shape index (κ2) is 2.19. The highest BCUT2D eigenvalue weighted by Gasteiger charge is 2.44. The van der Waals surface area contributed by atoms with Crippen molar-refractivity contribution >= 4 is 12.6 Å². The maximum absolute atomic E-state index is 11.8. The van der Waals surface area contributed by atoms with E-state index in [1.807, 2.05) is 0 Å². The van der Waals surface area contributed by atoms with E-state index in [0.717, 1.165) is 0 Å². The highest BCUT2D eigenvalue weighted by molar-refractivity contribution is 7.81. The second-order valence-corrected chi connectivity index (χ2v) is 2.98. The van der Waals surface area contributed by atoms with E-state index < -0.39 is 17.0 Å². The minimum absolute atomic E-state index is 0.0417. The summed E-state index contributed by atoms with van der Waals surface area (Å²) in [5.74, 6) is -0.0417. The number of hydrogen-bond donors (Lipinski definition) is 1. The van der Waals surface area contributed by atoms with Gasteiger partial charge in [-0.1, -0.05) is 13.0 Å². The number of allylic oxidation sites excluding steroid dienone is 1. The van der Waals surface area contributed by atoms with Gasteiger partial charge >= 0.3 is 6.18 Å². The molecule has 0 aliphatic heterocycles. The van der Waals surface area contributed by atoms with Crippen molar-refractivity contribution in [2.24, 2.45) is 5.92 Å². The molecule has 2 atom stereocenters. The minimum atomic E-state index is -4.17. The van der Waals surface area contributed by atoms with Crippen molar-refractivity contribution in [2.75, 3.05) is 0 Å². The average molecular weight is 168 g/mol. The zero-order valence-electron chi connectivity index (χ0n) is 5.31. The summed E-state index contributed by atoms with van der Waals surface area (Å²) in [7, 11) is 0. The molecule has 1 aliphatic carbocycles. The van der Waals surface area contributed by atoms with Gasteiger partial charge in [0.1, 0.15) is 0 Å². The molecule has 0 aromatic rings. The Morgan fingerprint density at radius 1 is 1.50 bits per heavy atom. The molecule has 0 aromatic carbocycles. The Morgan fingerprint density at radius 2 is 2.00 bits per heavy atom. The lowest BCUT2D eigenvalue weighted by atomic mass is 9.87. The molecule has 0 fully saturated rings. The number of halogens is 3. The third-order valence-corrected chi connectivity index (χ3v) is 2.33. The van der Waals surface area contributed by atoms with Gasteiger partial charge in [0.05, 0.1) is 0 Å². The first kappa shape index (κ1) is 7.98. The van der Waals surface area contributed by atoms with Gasteiger partial charge in [-0.05, 0) is 5.92 Å². The standard InChI is InChI=1S/C6H7F3S/c1-3-2-4(5(3)10)6(7,8)9/h2-3,5,10H,1H3. The maximum atomic E-state index is 11.8. The molecule has 0 heterocycles. The number of hydrogen-bond acceptors (Lipinski definition) is 1. The monoisotopic (exact) mass is 168 g/mol. The smallest absolute Gasteiger partial charge is 0.170 e. The van der Waals surface area contributed by atoms with Crippen LogP contribution in [-0.2, 0) is 0 Å². The Labute approximate surface area is 62.5 Å². The van der Waals surface area contributed by atoms with Gasteiger partial charge in [0.2, 0.25) is 0 Å². The van der Waals surface area contributed by atoms with Crippen LogP contribution in [0.3, 0.4) is 0 Å². The van der Waals surface area contributed by atoms with Gasteiger partial charge in [0.25, 0.3) is 0 Å². The fourth-order valence-corrected chi connectivity index (χ4v) is 1.22. The van der Waals surface area contributed by atoms with Crippen molar-refractivity contribution in [1.29, 1.82) is 0 Å². The quantitative estimate of drug-likeness (QED) is 0.417. The molecule has 2 unspecified atom stereocenters. The second-order valence-electron chi connectivity index (χ2n) is 2.42. The first-order valence-corrected chi connectivity index (χ1v) is 3.41. The van der Waals surface area contributed by atoms with Gasteiger partial charge in [0, 0.05) is 10.8 Å². The Hall–Kier alpha value is -0.120. The van der Waals surface area contributed by atoms with Crippen LogP contribution in [0.4, 0.5) is 13.2 Å². The average Bonchev–Trinajstić information content (AvgIpc) is 1.79. The van der Waals surface area contributed by atoms with Crippen LogP contribution in [0.1, 0.15) is 6.92 Å². The van der Waals surface area contributed by atoms with E-state index in [0.29, 0.717) is 0 Å². The lowest BCUT2D eigenvalue weighted by molar-refractivity contribution is -0.0978. The normalized spacial score (nSPS) is 33.1. The fraction of sp³-hybridized carbons (Fsp3) is 0.667. The summed E-state index contributed by atoms with van der Waals surface area (Å²) in [6, 6.07) is 0. The molecule has 1 aliphatic rings. The molecule has 0 bridgehead atoms. The predicted octanol–water partition coefficient (Wildman–Crippen LogP) is 2.42. The third kappa shape index (κ3) is 1.17. The van der Waals surface area contributed by atoms with Crippen LogP contribution in [0.25, 0.3) is 0 Å². The van der Waals surface area contributed by atoms with Crippen LogP contribution in [0.5, 0.6) is 0 Å². The molecule has 0 saturated carbocycles. The molecule has 1 rings (SSSR count). The Kier molecular flexibility index (Phi) is 1.75. The highest BCUT2D eigenvalue weighted by Crippen LogP contribution is 2.41. The van der Waals surface area contributed by atoms with Crippen molar-refractivity contribution in [1.82, 2.24) is 0 Å². The summed E-state index contributed by atoms with van der Waals surface area (Å²) < 4.78 is 35.4. The molecule has 10 heavy (non-hydrogen) atoms. The largest absolute Gasteiger partial charge is 0.413 e. The number of alkyl halides is 3. The van der Waals surface area contributed by atoms with Crippen LogP contribution >= 0.6 is 12.6 Å². The van der Waals surface area contributed by atoms with Gasteiger partial charge in [0.15, 0.2) is 0 Å². The minimum Gasteiger partial charge on any atom is -0.170 e. The lowest BCUT2D eigenvalue weighted by Crippen LogP contribution is -2.32. The topological polar surface area (TPSA) is 0 Å². The Bertz CT molecular complexity index is 170. The molecule has 0 aromatic heterocycles. The van der Waals surface area contributed by atoms with Crippen molar-refractivity contribution in [2.45, 2.75) is 18.3 Å². The fourth-order valence-electron chi connectivity index (χ4n) is 0.900. The molecule has 0 N–H and O–H groups in total. The predicted molar refractivity (Wildman–Crippen MR) is 36.1 cm³/mol. The third-order valence-electron chi connectivity index (χ3n) is 1.59. The summed E-state index contributed by atoms with van der Waals surface area (Å²) in [5.41, 5.74) is -0.497. The Morgan fingerprint density at radius 3 is 2.10 bits per heavy atom. The van der Waals surface area contributed by atoms with Gasteiger partial charge in [-0.15, -0.1) is 0 Å². The number of thiol groups is 1. The van der Waals surface area contributed by atoms with Crippen LogP contribution in [0, 0.1) is 5.92 Å². The van der Waals surface area contributed by atoms with Crippen molar-refractivity contribution < 1.29 is 13.2 Å². The molecule has 0 radical (unpaired) electrons. The van der Waals surface area contributed by atoms with Crippen molar-refractivity contribution in [3.8, 4) is 0 Å². The number of rotatable bonds is 0. The maximum Gasteiger partial charge on any atom is 0.413 e. The molecule has 58 valence electrons. The molecule has 0 saturated heterocycles. The van der Waals surface area contributed by atoms with E-state index in [-0.39, 0.29) is 5.92 Å². The van der Waals surface area contributed by atoms with E-state index in [1.165, 1.54) is 6.08 Å². The van der Waals surface area contributed by atoms with Gasteiger partial charge < -0.3 is 0 Å². The van der Waals surface area contributed by atoms with Crippen LogP contribution in [0.15, 0.2) is 11.6 Å². The van der Waals surface area contributed by atoms with Crippen molar-refractivity contribution in [3.63, 3.8) is 0 Å². The van der Waals surface area contributed by atoms with Crippen LogP contribution in [0.2, 0.25) is 0 Å². The summed E-state index contributed by atoms with van der Waals surface area (Å²) in [6.07, 6.45) is -2.96. The molecular weight excluding hydrogens is 161 g/mol. The molecule has 0 spiro atoms. The summed E-state index contributed by atoms with van der Waals surface area (Å²) in [6.45, 7) is 1.72. The van der Waals surface area contributed by atoms with E-state index >= 15 is 0 Å². The van der Waals surface area contributed by atoms with Gasteiger partial charge in [-0.2, -0.15) is 25.8 Å². The zero-order chi connectivity index (χ0) is 7.94. The van der Waals surface area contributed by atoms with E-state index in [1.54, 1.807) is 6.92 Å². The van der Waals surface area contributed by atoms with Crippen molar-refractivity contribution in [3.05, 3.63) is 11.6 Å². The summed E-state index contributed by atoms with van der Waals surface area (Å²) in [4.78, 5) is 0. The molecule has 0 amide bonds. The molecule has 4 heteroatoms. The van der Waals surface area contributed by atoms with Gasteiger partial charge in [-0.25, -0.2) is 0 Å². The summed E-state index contributed by atoms with van der Waals surface area (Å²) in [5, 5.41) is -0.611. The summed E-state index contributed by atoms with van der Waals surface area (Å²) >= 11 is 3.78. The van der Waals surface area contributed by atoms with Crippen LogP contribution < -0.4 is 0 Å². The van der Waals surface area contributed by atoms with E-state index in [9.17, 15) is 13.2 Å².